The van der Waals surface area contributed by atoms with E-state index in [1.807, 2.05) is 34.9 Å². The molecule has 1 amide bonds. The summed E-state index contributed by atoms with van der Waals surface area (Å²) in [5.74, 6) is 1.30. The minimum Gasteiger partial charge on any atom is -0.326 e. The molecule has 1 aromatic carbocycles. The van der Waals surface area contributed by atoms with Gasteiger partial charge in [-0.15, -0.1) is 11.8 Å². The summed E-state index contributed by atoms with van der Waals surface area (Å²) in [6.45, 7) is 3.04. The molecule has 0 radical (unpaired) electrons. The van der Waals surface area contributed by atoms with Crippen molar-refractivity contribution in [2.24, 2.45) is 0 Å². The average Bonchev–Trinajstić information content (AvgIpc) is 2.93. The van der Waals surface area contributed by atoms with Gasteiger partial charge in [-0.2, -0.15) is 0 Å². The molecule has 1 saturated heterocycles. The quantitative estimate of drug-likeness (QED) is 0.697. The van der Waals surface area contributed by atoms with Crippen LogP contribution >= 0.6 is 23.4 Å². The zero-order chi connectivity index (χ0) is 14.4. The van der Waals surface area contributed by atoms with Gasteiger partial charge in [0.15, 0.2) is 0 Å². The maximum Gasteiger partial charge on any atom is 0.223 e. The van der Waals surface area contributed by atoms with Crippen molar-refractivity contribution < 1.29 is 4.79 Å². The predicted octanol–water partition coefficient (Wildman–Crippen LogP) is 4.88. The van der Waals surface area contributed by atoms with Crippen LogP contribution in [0.3, 0.4) is 0 Å². The first-order valence-corrected chi connectivity index (χ1v) is 8.81. The molecule has 0 saturated carbocycles. The number of unbranched alkanes of at least 4 members (excludes halogenated alkanes) is 3. The molecule has 1 aliphatic heterocycles. The maximum atomic E-state index is 12.4. The summed E-state index contributed by atoms with van der Waals surface area (Å²) in [7, 11) is 0. The number of benzene rings is 1. The average molecular weight is 312 g/mol. The molecule has 1 aromatic rings. The van der Waals surface area contributed by atoms with Crippen LogP contribution in [0.5, 0.6) is 0 Å². The van der Waals surface area contributed by atoms with Crippen molar-refractivity contribution in [1.82, 2.24) is 4.90 Å². The van der Waals surface area contributed by atoms with E-state index in [0.717, 1.165) is 35.7 Å². The molecule has 1 heterocycles. The molecule has 2 nitrogen and oxygen atoms in total. The van der Waals surface area contributed by atoms with E-state index in [-0.39, 0.29) is 11.3 Å². The number of nitrogens with zero attached hydrogens (tertiary/aromatic N) is 1. The van der Waals surface area contributed by atoms with E-state index in [4.69, 9.17) is 11.6 Å². The van der Waals surface area contributed by atoms with Crippen LogP contribution in [0.4, 0.5) is 0 Å². The van der Waals surface area contributed by atoms with Gasteiger partial charge in [0, 0.05) is 23.7 Å². The molecule has 1 atom stereocenters. The molecule has 0 bridgehead atoms. The molecule has 20 heavy (non-hydrogen) atoms. The highest BCUT2D eigenvalue weighted by Gasteiger charge is 2.30. The standard InChI is InChI=1S/C16H22ClNOS/c1-2-3-4-5-9-15(19)18-10-11-20-16(18)13-7-6-8-14(17)12-13/h6-8,12,16H,2-5,9-11H2,1H3/t16-/m0/s1. The number of hydrogen-bond acceptors (Lipinski definition) is 2. The van der Waals surface area contributed by atoms with Crippen molar-refractivity contribution in [2.75, 3.05) is 12.3 Å². The maximum absolute atomic E-state index is 12.4. The molecule has 110 valence electrons. The topological polar surface area (TPSA) is 20.3 Å². The van der Waals surface area contributed by atoms with E-state index >= 15 is 0 Å². The first kappa shape index (κ1) is 15.7. The van der Waals surface area contributed by atoms with Gasteiger partial charge in [0.25, 0.3) is 0 Å². The molecule has 0 unspecified atom stereocenters. The van der Waals surface area contributed by atoms with Crippen LogP contribution in [0.2, 0.25) is 5.02 Å². The number of thioether (sulfide) groups is 1. The van der Waals surface area contributed by atoms with Gasteiger partial charge in [-0.05, 0) is 24.1 Å². The summed E-state index contributed by atoms with van der Waals surface area (Å²) in [5, 5.41) is 0.887. The van der Waals surface area contributed by atoms with Gasteiger partial charge >= 0.3 is 0 Å². The van der Waals surface area contributed by atoms with Gasteiger partial charge in [-0.3, -0.25) is 4.79 Å². The fourth-order valence-corrected chi connectivity index (χ4v) is 3.97. The Kier molecular flexibility index (Phi) is 6.24. The number of rotatable bonds is 6. The molecule has 1 aliphatic rings. The Labute approximate surface area is 130 Å². The number of hydrogen-bond donors (Lipinski definition) is 0. The van der Waals surface area contributed by atoms with E-state index < -0.39 is 0 Å². The third-order valence-electron chi connectivity index (χ3n) is 3.59. The lowest BCUT2D eigenvalue weighted by Gasteiger charge is -2.24. The first-order valence-electron chi connectivity index (χ1n) is 7.39. The number of carbonyl (C=O) groups is 1. The summed E-state index contributed by atoms with van der Waals surface area (Å²) in [5.41, 5.74) is 1.14. The van der Waals surface area contributed by atoms with E-state index in [0.29, 0.717) is 6.42 Å². The Balaban J connectivity index is 1.95. The molecule has 0 N–H and O–H groups in total. The fraction of sp³-hybridized carbons (Fsp3) is 0.562. The van der Waals surface area contributed by atoms with Crippen molar-refractivity contribution in [3.8, 4) is 0 Å². The van der Waals surface area contributed by atoms with Crippen LogP contribution in [-0.4, -0.2) is 23.1 Å². The molecule has 4 heteroatoms. The zero-order valence-corrected chi connectivity index (χ0v) is 13.6. The normalized spacial score (nSPS) is 18.5. The third-order valence-corrected chi connectivity index (χ3v) is 5.09. The van der Waals surface area contributed by atoms with Crippen LogP contribution in [-0.2, 0) is 4.79 Å². The molecule has 0 aromatic heterocycles. The van der Waals surface area contributed by atoms with E-state index in [9.17, 15) is 4.79 Å². The summed E-state index contributed by atoms with van der Waals surface area (Å²) < 4.78 is 0. The van der Waals surface area contributed by atoms with Crippen molar-refractivity contribution in [2.45, 2.75) is 44.4 Å². The smallest absolute Gasteiger partial charge is 0.223 e. The second kappa shape index (κ2) is 7.94. The van der Waals surface area contributed by atoms with E-state index in [1.54, 1.807) is 0 Å². The molecular formula is C16H22ClNOS. The minimum atomic E-state index is 0.146. The van der Waals surface area contributed by atoms with E-state index in [2.05, 4.69) is 13.0 Å². The molecule has 0 spiro atoms. The van der Waals surface area contributed by atoms with Crippen molar-refractivity contribution in [3.63, 3.8) is 0 Å². The van der Waals surface area contributed by atoms with Gasteiger partial charge in [-0.1, -0.05) is 49.9 Å². The SMILES string of the molecule is CCCCCCC(=O)N1CCS[C@H]1c1cccc(Cl)c1. The lowest BCUT2D eigenvalue weighted by atomic mass is 10.1. The third kappa shape index (κ3) is 4.16. The van der Waals surface area contributed by atoms with Crippen LogP contribution in [0, 0.1) is 0 Å². The van der Waals surface area contributed by atoms with Gasteiger partial charge in [-0.25, -0.2) is 0 Å². The fourth-order valence-electron chi connectivity index (χ4n) is 2.51. The Hall–Kier alpha value is -0.670. The van der Waals surface area contributed by atoms with Crippen molar-refractivity contribution >= 4 is 29.3 Å². The first-order chi connectivity index (χ1) is 9.72. The Morgan fingerprint density at radius 2 is 2.25 bits per heavy atom. The highest BCUT2D eigenvalue weighted by molar-refractivity contribution is 7.99. The Morgan fingerprint density at radius 3 is 3.00 bits per heavy atom. The van der Waals surface area contributed by atoms with Gasteiger partial charge < -0.3 is 4.90 Å². The summed E-state index contributed by atoms with van der Waals surface area (Å²) in [6.07, 6.45) is 5.28. The highest BCUT2D eigenvalue weighted by atomic mass is 35.5. The minimum absolute atomic E-state index is 0.146. The molecule has 1 fully saturated rings. The van der Waals surface area contributed by atoms with Crippen LogP contribution < -0.4 is 0 Å². The summed E-state index contributed by atoms with van der Waals surface area (Å²) in [6, 6.07) is 7.87. The molecular weight excluding hydrogens is 290 g/mol. The van der Waals surface area contributed by atoms with E-state index in [1.165, 1.54) is 12.8 Å². The van der Waals surface area contributed by atoms with Crippen LogP contribution in [0.15, 0.2) is 24.3 Å². The zero-order valence-electron chi connectivity index (χ0n) is 12.0. The Morgan fingerprint density at radius 1 is 1.40 bits per heavy atom. The highest BCUT2D eigenvalue weighted by Crippen LogP contribution is 2.39. The Bertz CT molecular complexity index is 452. The second-order valence-electron chi connectivity index (χ2n) is 5.18. The van der Waals surface area contributed by atoms with Crippen molar-refractivity contribution in [1.29, 1.82) is 0 Å². The number of amides is 1. The van der Waals surface area contributed by atoms with Crippen LogP contribution in [0.1, 0.15) is 50.0 Å². The second-order valence-corrected chi connectivity index (χ2v) is 6.80. The number of carbonyl (C=O) groups excluding carboxylic acids is 1. The van der Waals surface area contributed by atoms with Crippen LogP contribution in [0.25, 0.3) is 0 Å². The monoisotopic (exact) mass is 311 g/mol. The molecule has 2 rings (SSSR count). The van der Waals surface area contributed by atoms with Gasteiger partial charge in [0.1, 0.15) is 5.37 Å². The van der Waals surface area contributed by atoms with Crippen molar-refractivity contribution in [3.05, 3.63) is 34.9 Å². The summed E-state index contributed by atoms with van der Waals surface area (Å²) in [4.78, 5) is 14.4. The lowest BCUT2D eigenvalue weighted by molar-refractivity contribution is -0.131. The summed E-state index contributed by atoms with van der Waals surface area (Å²) >= 11 is 7.89. The van der Waals surface area contributed by atoms with Gasteiger partial charge in [0.2, 0.25) is 5.91 Å². The largest absolute Gasteiger partial charge is 0.326 e. The molecule has 0 aliphatic carbocycles. The lowest BCUT2D eigenvalue weighted by Crippen LogP contribution is -2.30. The number of halogens is 1. The van der Waals surface area contributed by atoms with Gasteiger partial charge in [0.05, 0.1) is 0 Å². The predicted molar refractivity (Wildman–Crippen MR) is 87.1 cm³/mol.